The molecule has 0 bridgehead atoms. The van der Waals surface area contributed by atoms with Crippen LogP contribution < -0.4 is 5.32 Å². The van der Waals surface area contributed by atoms with E-state index < -0.39 is 30.2 Å². The Morgan fingerprint density at radius 2 is 1.76 bits per heavy atom. The number of nitrogens with zero attached hydrogens (tertiary/aromatic N) is 5. The monoisotopic (exact) mass is 504 g/mol. The number of carboxylic acids is 1. The zero-order chi connectivity index (χ0) is 24.7. The van der Waals surface area contributed by atoms with Gasteiger partial charge in [-0.3, -0.25) is 9.59 Å². The number of tetrazole rings is 1. The third-order valence-electron chi connectivity index (χ3n) is 4.98. The lowest BCUT2D eigenvalue weighted by atomic mass is 10.1. The van der Waals surface area contributed by atoms with Crippen molar-refractivity contribution in [3.63, 3.8) is 0 Å². The van der Waals surface area contributed by atoms with Gasteiger partial charge in [-0.2, -0.15) is 0 Å². The van der Waals surface area contributed by atoms with Gasteiger partial charge in [-0.15, -0.1) is 5.10 Å². The highest BCUT2D eigenvalue weighted by atomic mass is 35.5. The van der Waals surface area contributed by atoms with Crippen LogP contribution in [0.4, 0.5) is 4.79 Å². The van der Waals surface area contributed by atoms with E-state index in [2.05, 4.69) is 20.8 Å². The number of aliphatic carboxylic acids is 1. The first-order valence-corrected chi connectivity index (χ1v) is 11.0. The Hall–Kier alpha value is -3.50. The highest BCUT2D eigenvalue weighted by molar-refractivity contribution is 6.36. The van der Waals surface area contributed by atoms with Gasteiger partial charge in [0.05, 0.1) is 6.42 Å². The molecule has 34 heavy (non-hydrogen) atoms. The lowest BCUT2D eigenvalue weighted by Crippen LogP contribution is -2.48. The van der Waals surface area contributed by atoms with Gasteiger partial charge in [0.15, 0.2) is 11.6 Å². The molecule has 0 radical (unpaired) electrons. The van der Waals surface area contributed by atoms with Crippen LogP contribution >= 0.6 is 23.2 Å². The molecule has 1 aromatic heterocycles. The maximum absolute atomic E-state index is 12.9. The quantitative estimate of drug-likeness (QED) is 0.433. The molecular weight excluding hydrogens is 483 g/mol. The van der Waals surface area contributed by atoms with Crippen LogP contribution in [-0.4, -0.2) is 61.1 Å². The van der Waals surface area contributed by atoms with Crippen LogP contribution in [0.1, 0.15) is 23.4 Å². The number of rotatable bonds is 10. The van der Waals surface area contributed by atoms with E-state index in [0.29, 0.717) is 21.4 Å². The molecule has 178 valence electrons. The topological polar surface area (TPSA) is 130 Å². The fourth-order valence-corrected chi connectivity index (χ4v) is 3.73. The molecule has 1 atom stereocenters. The van der Waals surface area contributed by atoms with Crippen molar-refractivity contribution in [2.75, 3.05) is 7.05 Å². The van der Waals surface area contributed by atoms with Crippen LogP contribution in [0.15, 0.2) is 48.5 Å². The number of nitrogens with one attached hydrogen (secondary N) is 1. The predicted octanol–water partition coefficient (Wildman–Crippen LogP) is 2.82. The Labute approximate surface area is 205 Å². The molecule has 0 saturated carbocycles. The normalized spacial score (nSPS) is 11.6. The maximum atomic E-state index is 12.9. The third-order valence-corrected chi connectivity index (χ3v) is 5.69. The van der Waals surface area contributed by atoms with E-state index >= 15 is 0 Å². The average molecular weight is 505 g/mol. The summed E-state index contributed by atoms with van der Waals surface area (Å²) in [4.78, 5) is 38.3. The zero-order valence-electron chi connectivity index (χ0n) is 18.2. The Balaban J connectivity index is 1.70. The summed E-state index contributed by atoms with van der Waals surface area (Å²) < 4.78 is 1.23. The number of hydrogen-bond donors (Lipinski definition) is 2. The van der Waals surface area contributed by atoms with Gasteiger partial charge in [0.25, 0.3) is 0 Å². The van der Waals surface area contributed by atoms with Crippen LogP contribution in [0.25, 0.3) is 0 Å². The SMILES string of the molecule is CN(Cc1ccccc1)C(=O)NC(CC(=O)O)C(=O)Cn1nnnc1Cc1c(Cl)cccc1Cl. The molecule has 0 spiro atoms. The summed E-state index contributed by atoms with van der Waals surface area (Å²) in [6, 6.07) is 12.5. The van der Waals surface area contributed by atoms with Crippen LogP contribution in [0.5, 0.6) is 0 Å². The smallest absolute Gasteiger partial charge is 0.318 e. The van der Waals surface area contributed by atoms with Gasteiger partial charge in [0, 0.05) is 30.1 Å². The predicted molar refractivity (Wildman–Crippen MR) is 125 cm³/mol. The van der Waals surface area contributed by atoms with Crippen LogP contribution in [0.2, 0.25) is 10.0 Å². The number of carbonyl (C=O) groups excluding carboxylic acids is 2. The molecule has 0 aliphatic heterocycles. The minimum Gasteiger partial charge on any atom is -0.481 e. The number of urea groups is 1. The lowest BCUT2D eigenvalue weighted by molar-refractivity contribution is -0.139. The Kier molecular flexibility index (Phi) is 8.55. The third kappa shape index (κ3) is 6.75. The van der Waals surface area contributed by atoms with E-state index in [4.69, 9.17) is 23.2 Å². The molecule has 0 fully saturated rings. The molecule has 3 aromatic rings. The van der Waals surface area contributed by atoms with Crippen LogP contribution in [0, 0.1) is 0 Å². The van der Waals surface area contributed by atoms with Gasteiger partial charge in [0.2, 0.25) is 0 Å². The summed E-state index contributed by atoms with van der Waals surface area (Å²) in [6.45, 7) is -0.0541. The van der Waals surface area contributed by atoms with Crippen molar-refractivity contribution in [2.45, 2.75) is 32.0 Å². The summed E-state index contributed by atoms with van der Waals surface area (Å²) in [5.41, 5.74) is 1.48. The Morgan fingerprint density at radius 1 is 1.09 bits per heavy atom. The number of ketones is 1. The fraction of sp³-hybridized carbons (Fsp3) is 0.273. The molecular formula is C22H22Cl2N6O4. The Morgan fingerprint density at radius 3 is 2.41 bits per heavy atom. The van der Waals surface area contributed by atoms with E-state index in [1.165, 1.54) is 9.58 Å². The van der Waals surface area contributed by atoms with Gasteiger partial charge in [-0.25, -0.2) is 9.48 Å². The van der Waals surface area contributed by atoms with E-state index in [9.17, 15) is 19.5 Å². The zero-order valence-corrected chi connectivity index (χ0v) is 19.7. The maximum Gasteiger partial charge on any atom is 0.318 e. The van der Waals surface area contributed by atoms with Crippen molar-refractivity contribution in [3.8, 4) is 0 Å². The molecule has 1 unspecified atom stereocenters. The second kappa shape index (κ2) is 11.6. The second-order valence-electron chi connectivity index (χ2n) is 7.54. The number of halogens is 2. The van der Waals surface area contributed by atoms with Gasteiger partial charge in [-0.1, -0.05) is 59.6 Å². The second-order valence-corrected chi connectivity index (χ2v) is 8.35. The Bertz CT molecular complexity index is 1150. The number of benzene rings is 2. The highest BCUT2D eigenvalue weighted by Crippen LogP contribution is 2.26. The van der Waals surface area contributed by atoms with Gasteiger partial charge >= 0.3 is 12.0 Å². The molecule has 1 heterocycles. The van der Waals surface area contributed by atoms with Crippen molar-refractivity contribution in [1.82, 2.24) is 30.4 Å². The van der Waals surface area contributed by atoms with Gasteiger partial charge < -0.3 is 15.3 Å². The number of aromatic nitrogens is 4. The molecule has 0 saturated heterocycles. The van der Waals surface area contributed by atoms with E-state index in [-0.39, 0.29) is 19.5 Å². The van der Waals surface area contributed by atoms with Crippen molar-refractivity contribution in [2.24, 2.45) is 0 Å². The molecule has 10 nitrogen and oxygen atoms in total. The number of amides is 2. The van der Waals surface area contributed by atoms with Gasteiger partial charge in [0.1, 0.15) is 12.6 Å². The first-order chi connectivity index (χ1) is 16.2. The molecule has 2 N–H and O–H groups in total. The first kappa shape index (κ1) is 25.1. The summed E-state index contributed by atoms with van der Waals surface area (Å²) in [6.07, 6.45) is -0.424. The van der Waals surface area contributed by atoms with Crippen molar-refractivity contribution in [3.05, 3.63) is 75.5 Å². The molecule has 2 amide bonds. The summed E-state index contributed by atoms with van der Waals surface area (Å²) >= 11 is 12.4. The van der Waals surface area contributed by atoms with Crippen molar-refractivity contribution in [1.29, 1.82) is 0 Å². The molecule has 12 heteroatoms. The van der Waals surface area contributed by atoms with Crippen molar-refractivity contribution < 1.29 is 19.5 Å². The van der Waals surface area contributed by atoms with Crippen LogP contribution in [-0.2, 0) is 29.1 Å². The summed E-state index contributed by atoms with van der Waals surface area (Å²) in [5.74, 6) is -1.49. The number of carbonyl (C=O) groups is 3. The lowest BCUT2D eigenvalue weighted by Gasteiger charge is -2.22. The van der Waals surface area contributed by atoms with E-state index in [0.717, 1.165) is 5.56 Å². The fourth-order valence-electron chi connectivity index (χ4n) is 3.20. The summed E-state index contributed by atoms with van der Waals surface area (Å²) in [7, 11) is 1.55. The molecule has 0 aliphatic rings. The van der Waals surface area contributed by atoms with Crippen molar-refractivity contribution >= 4 is 41.0 Å². The van der Waals surface area contributed by atoms with E-state index in [1.807, 2.05) is 30.3 Å². The molecule has 0 aliphatic carbocycles. The van der Waals surface area contributed by atoms with Gasteiger partial charge in [-0.05, 0) is 33.7 Å². The first-order valence-electron chi connectivity index (χ1n) is 10.2. The minimum absolute atomic E-state index is 0.161. The molecule has 2 aromatic carbocycles. The van der Waals surface area contributed by atoms with Crippen LogP contribution in [0.3, 0.4) is 0 Å². The summed E-state index contributed by atoms with van der Waals surface area (Å²) in [5, 5.41) is 24.0. The standard InChI is InChI=1S/C22H22Cl2N6O4/c1-29(12-14-6-3-2-4-7-14)22(34)25-18(11-21(32)33)19(31)13-30-20(26-27-28-30)10-15-16(23)8-5-9-17(15)24/h2-9,18H,10-13H2,1H3,(H,25,34)(H,32,33). The number of hydrogen-bond acceptors (Lipinski definition) is 6. The highest BCUT2D eigenvalue weighted by Gasteiger charge is 2.26. The minimum atomic E-state index is -1.27. The average Bonchev–Trinajstić information content (AvgIpc) is 3.22. The largest absolute Gasteiger partial charge is 0.481 e. The molecule has 3 rings (SSSR count). The number of Topliss-reactive ketones (excluding diaryl/α,β-unsaturated/α-hetero) is 1. The van der Waals surface area contributed by atoms with E-state index in [1.54, 1.807) is 25.2 Å². The number of carboxylic acid groups (broad SMARTS) is 1.